The lowest BCUT2D eigenvalue weighted by atomic mass is 10.0. The Hall–Kier alpha value is -1.84. The number of carbonyl (C=O) groups excluding carboxylic acids is 1. The fourth-order valence-corrected chi connectivity index (χ4v) is 4.20. The lowest BCUT2D eigenvalue weighted by Gasteiger charge is -2.15. The summed E-state index contributed by atoms with van der Waals surface area (Å²) in [6.07, 6.45) is 22.5. The van der Waals surface area contributed by atoms with E-state index in [1.54, 1.807) is 5.01 Å². The van der Waals surface area contributed by atoms with Gasteiger partial charge < -0.3 is 0 Å². The van der Waals surface area contributed by atoms with Gasteiger partial charge in [0.05, 0.1) is 12.1 Å². The molecule has 0 unspecified atom stereocenters. The zero-order valence-corrected chi connectivity index (χ0v) is 19.9. The quantitative estimate of drug-likeness (QED) is 0.245. The Morgan fingerprint density at radius 3 is 1.74 bits per heavy atom. The monoisotopic (exact) mass is 427 g/mol. The summed E-state index contributed by atoms with van der Waals surface area (Å²) in [5.41, 5.74) is 4.02. The fraction of sp³-hybridized carbons (Fsp3) is 0.704. The van der Waals surface area contributed by atoms with Gasteiger partial charge in [-0.1, -0.05) is 121 Å². The van der Waals surface area contributed by atoms with Crippen molar-refractivity contribution >= 4 is 17.4 Å². The molecule has 1 amide bonds. The number of rotatable bonds is 18. The molecule has 1 saturated heterocycles. The van der Waals surface area contributed by atoms with Gasteiger partial charge in [-0.15, -0.1) is 0 Å². The van der Waals surface area contributed by atoms with E-state index < -0.39 is 0 Å². The minimum Gasteiger partial charge on any atom is -0.278 e. The number of para-hydroxylation sites is 1. The number of carbonyl (C=O) groups is 1. The van der Waals surface area contributed by atoms with Crippen molar-refractivity contribution in [1.29, 1.82) is 0 Å². The Bertz CT molecular complexity index is 614. The maximum absolute atomic E-state index is 12.2. The second kappa shape index (κ2) is 16.8. The largest absolute Gasteiger partial charge is 0.278 e. The molecule has 174 valence electrons. The van der Waals surface area contributed by atoms with Crippen LogP contribution in [0.4, 0.5) is 5.69 Å². The number of unbranched alkanes of at least 4 members (excludes halogenated alkanes) is 15. The first-order chi connectivity index (χ1) is 15.3. The molecule has 1 fully saturated rings. The second-order valence-corrected chi connectivity index (χ2v) is 8.98. The summed E-state index contributed by atoms with van der Waals surface area (Å²) in [4.78, 5) is 16.7. The predicted molar refractivity (Wildman–Crippen MR) is 134 cm³/mol. The first kappa shape index (κ1) is 25.4. The van der Waals surface area contributed by atoms with Crippen molar-refractivity contribution in [3.63, 3.8) is 0 Å². The maximum Gasteiger partial charge on any atom is 0.253 e. The topological polar surface area (TPSA) is 44.7 Å². The van der Waals surface area contributed by atoms with Gasteiger partial charge in [0.1, 0.15) is 5.84 Å². The van der Waals surface area contributed by atoms with E-state index in [-0.39, 0.29) is 5.91 Å². The number of hydrazine groups is 1. The number of aliphatic imine (C=N–C) groups is 1. The lowest BCUT2D eigenvalue weighted by molar-refractivity contribution is -0.116. The van der Waals surface area contributed by atoms with Gasteiger partial charge in [0.2, 0.25) is 0 Å². The second-order valence-electron chi connectivity index (χ2n) is 8.98. The average Bonchev–Trinajstić information content (AvgIpc) is 3.17. The van der Waals surface area contributed by atoms with E-state index in [2.05, 4.69) is 17.3 Å². The van der Waals surface area contributed by atoms with E-state index >= 15 is 0 Å². The fourth-order valence-electron chi connectivity index (χ4n) is 4.20. The van der Waals surface area contributed by atoms with Gasteiger partial charge in [0.25, 0.3) is 5.91 Å². The molecule has 1 N–H and O–H groups in total. The molecule has 1 aliphatic rings. The third-order valence-corrected chi connectivity index (χ3v) is 6.14. The van der Waals surface area contributed by atoms with E-state index in [9.17, 15) is 4.79 Å². The van der Waals surface area contributed by atoms with Crippen LogP contribution in [0.5, 0.6) is 0 Å². The van der Waals surface area contributed by atoms with E-state index in [1.807, 2.05) is 30.3 Å². The molecule has 31 heavy (non-hydrogen) atoms. The van der Waals surface area contributed by atoms with Crippen LogP contribution in [0.15, 0.2) is 35.3 Å². The summed E-state index contributed by atoms with van der Waals surface area (Å²) in [5, 5.41) is 1.60. The van der Waals surface area contributed by atoms with Crippen LogP contribution in [0.3, 0.4) is 0 Å². The molecule has 4 nitrogen and oxygen atoms in total. The van der Waals surface area contributed by atoms with Gasteiger partial charge in [-0.2, -0.15) is 0 Å². The summed E-state index contributed by atoms with van der Waals surface area (Å²) < 4.78 is 0. The third-order valence-electron chi connectivity index (χ3n) is 6.14. The first-order valence-electron chi connectivity index (χ1n) is 13.0. The summed E-state index contributed by atoms with van der Waals surface area (Å²) in [7, 11) is 0. The lowest BCUT2D eigenvalue weighted by Crippen LogP contribution is -2.35. The molecule has 1 aliphatic heterocycles. The van der Waals surface area contributed by atoms with Crippen LogP contribution in [0.2, 0.25) is 0 Å². The molecule has 4 heteroatoms. The van der Waals surface area contributed by atoms with Gasteiger partial charge in [-0.3, -0.25) is 15.2 Å². The van der Waals surface area contributed by atoms with Crippen molar-refractivity contribution < 1.29 is 4.79 Å². The molecular formula is C27H45N3O. The summed E-state index contributed by atoms with van der Waals surface area (Å²) >= 11 is 0. The van der Waals surface area contributed by atoms with Crippen LogP contribution in [0.25, 0.3) is 0 Å². The van der Waals surface area contributed by atoms with Crippen molar-refractivity contribution in [3.8, 4) is 0 Å². The molecule has 0 aromatic heterocycles. The standard InChI is InChI=1S/C27H45N3O/c1-2-3-4-5-6-7-8-9-10-11-12-13-14-15-16-20-23-28-26-24-27(31)30(29-26)25-21-18-17-19-22-25/h17-19,21-22H,2-16,20,23-24H2,1H3,(H,28,29). The normalized spacial score (nSPS) is 15.1. The highest BCUT2D eigenvalue weighted by Crippen LogP contribution is 2.17. The molecule has 1 heterocycles. The van der Waals surface area contributed by atoms with Crippen LogP contribution in [-0.2, 0) is 4.79 Å². The molecule has 0 saturated carbocycles. The van der Waals surface area contributed by atoms with Crippen molar-refractivity contribution in [2.75, 3.05) is 11.6 Å². The van der Waals surface area contributed by atoms with E-state index in [1.165, 1.54) is 96.3 Å². The third kappa shape index (κ3) is 11.4. The van der Waals surface area contributed by atoms with Gasteiger partial charge in [0, 0.05) is 6.54 Å². The molecular weight excluding hydrogens is 382 g/mol. The van der Waals surface area contributed by atoms with Gasteiger partial charge in [0.15, 0.2) is 0 Å². The van der Waals surface area contributed by atoms with Crippen molar-refractivity contribution in [2.24, 2.45) is 4.99 Å². The number of anilines is 1. The molecule has 1 aromatic carbocycles. The van der Waals surface area contributed by atoms with Crippen molar-refractivity contribution in [3.05, 3.63) is 30.3 Å². The van der Waals surface area contributed by atoms with E-state index in [0.717, 1.165) is 24.5 Å². The number of nitrogens with one attached hydrogen (secondary N) is 1. The van der Waals surface area contributed by atoms with Crippen molar-refractivity contribution in [2.45, 2.75) is 116 Å². The van der Waals surface area contributed by atoms with Gasteiger partial charge >= 0.3 is 0 Å². The molecule has 2 rings (SSSR count). The van der Waals surface area contributed by atoms with Gasteiger partial charge in [-0.05, 0) is 18.6 Å². The highest BCUT2D eigenvalue weighted by molar-refractivity contribution is 6.13. The van der Waals surface area contributed by atoms with Gasteiger partial charge in [-0.25, -0.2) is 5.01 Å². The Balaban J connectivity index is 1.37. The maximum atomic E-state index is 12.2. The molecule has 0 bridgehead atoms. The van der Waals surface area contributed by atoms with Crippen LogP contribution >= 0.6 is 0 Å². The highest BCUT2D eigenvalue weighted by atomic mass is 16.2. The average molecular weight is 428 g/mol. The summed E-state index contributed by atoms with van der Waals surface area (Å²) in [5.74, 6) is 0.867. The Morgan fingerprint density at radius 1 is 0.742 bits per heavy atom. The van der Waals surface area contributed by atoms with Crippen LogP contribution in [0, 0.1) is 0 Å². The van der Waals surface area contributed by atoms with Crippen LogP contribution < -0.4 is 10.4 Å². The number of benzene rings is 1. The first-order valence-corrected chi connectivity index (χ1v) is 13.0. The number of hydrogen-bond donors (Lipinski definition) is 1. The van der Waals surface area contributed by atoms with Crippen LogP contribution in [0.1, 0.15) is 116 Å². The smallest absolute Gasteiger partial charge is 0.253 e. The Labute approximate surface area is 190 Å². The molecule has 0 atom stereocenters. The molecule has 1 aromatic rings. The zero-order chi connectivity index (χ0) is 22.0. The van der Waals surface area contributed by atoms with E-state index in [4.69, 9.17) is 0 Å². The highest BCUT2D eigenvalue weighted by Gasteiger charge is 2.26. The Kier molecular flexibility index (Phi) is 13.8. The predicted octanol–water partition coefficient (Wildman–Crippen LogP) is 7.59. The summed E-state index contributed by atoms with van der Waals surface area (Å²) in [6, 6.07) is 9.70. The molecule has 0 spiro atoms. The number of hydrogen-bond acceptors (Lipinski definition) is 2. The Morgan fingerprint density at radius 2 is 1.23 bits per heavy atom. The molecule has 0 aliphatic carbocycles. The number of amides is 1. The summed E-state index contributed by atoms with van der Waals surface area (Å²) in [6.45, 7) is 3.10. The van der Waals surface area contributed by atoms with Crippen molar-refractivity contribution in [1.82, 2.24) is 5.43 Å². The number of amidine groups is 1. The minimum absolute atomic E-state index is 0.0666. The van der Waals surface area contributed by atoms with Crippen LogP contribution in [-0.4, -0.2) is 18.3 Å². The number of nitrogens with zero attached hydrogens (tertiary/aromatic N) is 2. The zero-order valence-electron chi connectivity index (χ0n) is 19.9. The minimum atomic E-state index is 0.0666. The SMILES string of the molecule is CCCCCCCCCCCCCCCCCCN=C1CC(=O)N(c2ccccc2)N1. The molecule has 0 radical (unpaired) electrons. The van der Waals surface area contributed by atoms with E-state index in [0.29, 0.717) is 6.42 Å².